The third kappa shape index (κ3) is 4.02. The molecule has 3 rings (SSSR count). The Kier molecular flexibility index (Phi) is 5.63. The van der Waals surface area contributed by atoms with Crippen LogP contribution in [0.3, 0.4) is 0 Å². The molecule has 1 heterocycles. The minimum atomic E-state index is -0.362. The first-order valence-electron chi connectivity index (χ1n) is 8.74. The molecule has 0 saturated carbocycles. The van der Waals surface area contributed by atoms with E-state index in [1.807, 2.05) is 12.1 Å². The third-order valence-electron chi connectivity index (χ3n) is 4.89. The van der Waals surface area contributed by atoms with Gasteiger partial charge in [-0.2, -0.15) is 0 Å². The van der Waals surface area contributed by atoms with Crippen LogP contribution in [0.15, 0.2) is 18.2 Å². The SMILES string of the molecule is COC1CN(C(=O)CCC(=O)c2ccc3c(c2)CCCC3)CCO1. The van der Waals surface area contributed by atoms with Gasteiger partial charge < -0.3 is 14.4 Å². The zero-order chi connectivity index (χ0) is 16.9. The number of methoxy groups -OCH3 is 1. The van der Waals surface area contributed by atoms with Gasteiger partial charge >= 0.3 is 0 Å². The van der Waals surface area contributed by atoms with Gasteiger partial charge in [0.2, 0.25) is 5.91 Å². The summed E-state index contributed by atoms with van der Waals surface area (Å²) in [6.07, 6.45) is 4.73. The molecule has 5 heteroatoms. The lowest BCUT2D eigenvalue weighted by atomic mass is 9.89. The highest BCUT2D eigenvalue weighted by Crippen LogP contribution is 2.23. The fraction of sp³-hybridized carbons (Fsp3) is 0.579. The Hall–Kier alpha value is -1.72. The summed E-state index contributed by atoms with van der Waals surface area (Å²) in [5, 5.41) is 0. The average Bonchev–Trinajstić information content (AvgIpc) is 2.65. The van der Waals surface area contributed by atoms with E-state index in [4.69, 9.17) is 9.47 Å². The predicted molar refractivity (Wildman–Crippen MR) is 90.0 cm³/mol. The van der Waals surface area contributed by atoms with Crippen LogP contribution in [0, 0.1) is 0 Å². The Bertz CT molecular complexity index is 613. The molecule has 0 aromatic heterocycles. The van der Waals surface area contributed by atoms with Gasteiger partial charge in [0, 0.05) is 32.1 Å². The molecule has 1 atom stereocenters. The molecule has 1 amide bonds. The number of hydrogen-bond acceptors (Lipinski definition) is 4. The molecule has 1 fully saturated rings. The van der Waals surface area contributed by atoms with Crippen LogP contribution < -0.4 is 0 Å². The number of aryl methyl sites for hydroxylation is 2. The molecule has 1 aliphatic carbocycles. The highest BCUT2D eigenvalue weighted by molar-refractivity contribution is 5.98. The van der Waals surface area contributed by atoms with Crippen LogP contribution in [0.1, 0.15) is 47.2 Å². The fourth-order valence-corrected chi connectivity index (χ4v) is 3.42. The molecule has 0 N–H and O–H groups in total. The van der Waals surface area contributed by atoms with Gasteiger partial charge in [-0.05, 0) is 42.9 Å². The monoisotopic (exact) mass is 331 g/mol. The lowest BCUT2D eigenvalue weighted by molar-refractivity contribution is -0.174. The summed E-state index contributed by atoms with van der Waals surface area (Å²) in [6, 6.07) is 6.01. The second-order valence-corrected chi connectivity index (χ2v) is 6.49. The van der Waals surface area contributed by atoms with Crippen molar-refractivity contribution in [2.45, 2.75) is 44.8 Å². The number of carbonyl (C=O) groups excluding carboxylic acids is 2. The number of ether oxygens (including phenoxy) is 2. The van der Waals surface area contributed by atoms with Crippen LogP contribution in [0.2, 0.25) is 0 Å². The van der Waals surface area contributed by atoms with E-state index in [1.54, 1.807) is 12.0 Å². The highest BCUT2D eigenvalue weighted by Gasteiger charge is 2.24. The molecule has 1 saturated heterocycles. The van der Waals surface area contributed by atoms with Crippen molar-refractivity contribution in [1.29, 1.82) is 0 Å². The standard InChI is InChI=1S/C19H25NO4/c1-23-19-13-20(10-11-24-19)18(22)9-8-17(21)16-7-6-14-4-2-3-5-15(14)12-16/h6-7,12,19H,2-5,8-11,13H2,1H3. The zero-order valence-corrected chi connectivity index (χ0v) is 14.3. The fourth-order valence-electron chi connectivity index (χ4n) is 3.42. The number of nitrogens with zero attached hydrogens (tertiary/aromatic N) is 1. The topological polar surface area (TPSA) is 55.8 Å². The van der Waals surface area contributed by atoms with Crippen LogP contribution >= 0.6 is 0 Å². The molecule has 1 aromatic carbocycles. The van der Waals surface area contributed by atoms with E-state index in [-0.39, 0.29) is 30.8 Å². The van der Waals surface area contributed by atoms with Crippen molar-refractivity contribution in [3.8, 4) is 0 Å². The quantitative estimate of drug-likeness (QED) is 0.777. The minimum absolute atomic E-state index is 0.00772. The van der Waals surface area contributed by atoms with Crippen molar-refractivity contribution in [1.82, 2.24) is 4.90 Å². The molecular weight excluding hydrogens is 306 g/mol. The number of rotatable bonds is 5. The first kappa shape index (κ1) is 17.1. The maximum atomic E-state index is 12.4. The second kappa shape index (κ2) is 7.90. The van der Waals surface area contributed by atoms with Crippen molar-refractivity contribution < 1.29 is 19.1 Å². The summed E-state index contributed by atoms with van der Waals surface area (Å²) in [4.78, 5) is 26.4. The number of ketones is 1. The molecular formula is C19H25NO4. The summed E-state index contributed by atoms with van der Waals surface area (Å²) in [5.74, 6) is 0.0416. The van der Waals surface area contributed by atoms with Gasteiger partial charge in [-0.1, -0.05) is 12.1 Å². The summed E-state index contributed by atoms with van der Waals surface area (Å²) in [7, 11) is 1.57. The van der Waals surface area contributed by atoms with Gasteiger partial charge in [0.1, 0.15) is 0 Å². The maximum absolute atomic E-state index is 12.4. The Balaban J connectivity index is 1.54. The van der Waals surface area contributed by atoms with Crippen molar-refractivity contribution in [2.24, 2.45) is 0 Å². The molecule has 24 heavy (non-hydrogen) atoms. The molecule has 0 radical (unpaired) electrons. The number of morpholine rings is 1. The number of hydrogen-bond donors (Lipinski definition) is 0. The van der Waals surface area contributed by atoms with Gasteiger partial charge in [0.25, 0.3) is 0 Å². The number of amides is 1. The Morgan fingerprint density at radius 2 is 2.00 bits per heavy atom. The molecule has 5 nitrogen and oxygen atoms in total. The molecule has 2 aliphatic rings. The smallest absolute Gasteiger partial charge is 0.223 e. The summed E-state index contributed by atoms with van der Waals surface area (Å²) in [5.41, 5.74) is 3.41. The first-order chi connectivity index (χ1) is 11.7. The van der Waals surface area contributed by atoms with Gasteiger partial charge in [-0.25, -0.2) is 0 Å². The van der Waals surface area contributed by atoms with E-state index in [1.165, 1.54) is 24.0 Å². The molecule has 1 aromatic rings. The normalized spacial score (nSPS) is 20.5. The average molecular weight is 331 g/mol. The molecule has 1 aliphatic heterocycles. The Morgan fingerprint density at radius 3 is 2.79 bits per heavy atom. The molecule has 130 valence electrons. The van der Waals surface area contributed by atoms with Crippen molar-refractivity contribution in [3.05, 3.63) is 34.9 Å². The maximum Gasteiger partial charge on any atom is 0.223 e. The largest absolute Gasteiger partial charge is 0.354 e. The lowest BCUT2D eigenvalue weighted by Crippen LogP contribution is -2.46. The van der Waals surface area contributed by atoms with Crippen molar-refractivity contribution >= 4 is 11.7 Å². The van der Waals surface area contributed by atoms with Crippen molar-refractivity contribution in [3.63, 3.8) is 0 Å². The molecule has 1 unspecified atom stereocenters. The van der Waals surface area contributed by atoms with Crippen LogP contribution in [0.25, 0.3) is 0 Å². The van der Waals surface area contributed by atoms with Gasteiger partial charge in [-0.15, -0.1) is 0 Å². The second-order valence-electron chi connectivity index (χ2n) is 6.49. The number of carbonyl (C=O) groups is 2. The zero-order valence-electron chi connectivity index (χ0n) is 14.3. The number of benzene rings is 1. The van der Waals surface area contributed by atoms with Gasteiger partial charge in [0.05, 0.1) is 13.2 Å². The highest BCUT2D eigenvalue weighted by atomic mass is 16.7. The van der Waals surface area contributed by atoms with Crippen molar-refractivity contribution in [2.75, 3.05) is 26.8 Å². The van der Waals surface area contributed by atoms with E-state index in [9.17, 15) is 9.59 Å². The minimum Gasteiger partial charge on any atom is -0.354 e. The summed E-state index contributed by atoms with van der Waals surface area (Å²) < 4.78 is 10.5. The Labute approximate surface area is 142 Å². The van der Waals surface area contributed by atoms with E-state index >= 15 is 0 Å². The molecule has 0 spiro atoms. The number of Topliss-reactive ketones (excluding diaryl/α,β-unsaturated/α-hetero) is 1. The summed E-state index contributed by atoms with van der Waals surface area (Å²) in [6.45, 7) is 1.47. The van der Waals surface area contributed by atoms with Crippen LogP contribution in [-0.4, -0.2) is 49.7 Å². The first-order valence-corrected chi connectivity index (χ1v) is 8.74. The van der Waals surface area contributed by atoms with E-state index in [2.05, 4.69) is 6.07 Å². The molecule has 0 bridgehead atoms. The van der Waals surface area contributed by atoms with E-state index in [0.717, 1.165) is 18.4 Å². The lowest BCUT2D eigenvalue weighted by Gasteiger charge is -2.32. The third-order valence-corrected chi connectivity index (χ3v) is 4.89. The Morgan fingerprint density at radius 1 is 1.21 bits per heavy atom. The van der Waals surface area contributed by atoms with Crippen LogP contribution in [-0.2, 0) is 27.1 Å². The predicted octanol–water partition coefficient (Wildman–Crippen LogP) is 2.36. The van der Waals surface area contributed by atoms with Gasteiger partial charge in [0.15, 0.2) is 12.1 Å². The number of fused-ring (bicyclic) bond motifs is 1. The van der Waals surface area contributed by atoms with Crippen LogP contribution in [0.5, 0.6) is 0 Å². The van der Waals surface area contributed by atoms with Crippen LogP contribution in [0.4, 0.5) is 0 Å². The van der Waals surface area contributed by atoms with E-state index in [0.29, 0.717) is 19.7 Å². The van der Waals surface area contributed by atoms with Gasteiger partial charge in [-0.3, -0.25) is 9.59 Å². The van der Waals surface area contributed by atoms with E-state index < -0.39 is 0 Å². The summed E-state index contributed by atoms with van der Waals surface area (Å²) >= 11 is 0.